The van der Waals surface area contributed by atoms with E-state index in [1.165, 1.54) is 6.92 Å². The van der Waals surface area contributed by atoms with E-state index in [4.69, 9.17) is 0 Å². The van der Waals surface area contributed by atoms with Crippen LogP contribution in [0.15, 0.2) is 0 Å². The fraction of sp³-hybridized carbons (Fsp3) is 0.857. The number of rotatable bonds is 7. The van der Waals surface area contributed by atoms with Crippen LogP contribution >= 0.6 is 12.4 Å². The Bertz CT molecular complexity index is 300. The van der Waals surface area contributed by atoms with Crippen molar-refractivity contribution in [2.45, 2.75) is 52.0 Å². The van der Waals surface area contributed by atoms with Crippen molar-refractivity contribution in [1.82, 2.24) is 16.0 Å². The first-order valence-electron chi connectivity index (χ1n) is 7.34. The summed E-state index contributed by atoms with van der Waals surface area (Å²) in [5.41, 5.74) is 0. The topological polar surface area (TPSA) is 70.2 Å². The zero-order valence-electron chi connectivity index (χ0n) is 12.5. The maximum Gasteiger partial charge on any atom is 0.220 e. The van der Waals surface area contributed by atoms with Crippen molar-refractivity contribution in [3.8, 4) is 0 Å². The van der Waals surface area contributed by atoms with Gasteiger partial charge in [0.25, 0.3) is 0 Å². The second-order valence-corrected chi connectivity index (χ2v) is 5.44. The Morgan fingerprint density at radius 3 is 2.65 bits per heavy atom. The van der Waals surface area contributed by atoms with Gasteiger partial charge in [0.05, 0.1) is 0 Å². The Morgan fingerprint density at radius 1 is 1.25 bits per heavy atom. The molecule has 0 aliphatic carbocycles. The van der Waals surface area contributed by atoms with E-state index in [1.807, 2.05) is 0 Å². The summed E-state index contributed by atoms with van der Waals surface area (Å²) in [7, 11) is 0. The molecular weight excluding hydrogens is 278 g/mol. The Labute approximate surface area is 128 Å². The lowest BCUT2D eigenvalue weighted by Crippen LogP contribution is -2.50. The van der Waals surface area contributed by atoms with Crippen molar-refractivity contribution >= 4 is 24.2 Å². The average Bonchev–Trinajstić information content (AvgIpc) is 2.36. The summed E-state index contributed by atoms with van der Waals surface area (Å²) in [6.45, 7) is 6.36. The monoisotopic (exact) mass is 305 g/mol. The highest BCUT2D eigenvalue weighted by Crippen LogP contribution is 2.11. The number of amides is 2. The van der Waals surface area contributed by atoms with Gasteiger partial charge in [0.2, 0.25) is 11.8 Å². The van der Waals surface area contributed by atoms with Crippen LogP contribution in [0.1, 0.15) is 46.0 Å². The highest BCUT2D eigenvalue weighted by molar-refractivity contribution is 5.85. The fourth-order valence-corrected chi connectivity index (χ4v) is 2.31. The van der Waals surface area contributed by atoms with Crippen molar-refractivity contribution in [3.63, 3.8) is 0 Å². The highest BCUT2D eigenvalue weighted by Gasteiger charge is 2.22. The highest BCUT2D eigenvalue weighted by atomic mass is 35.5. The molecule has 6 heteroatoms. The third kappa shape index (κ3) is 8.38. The van der Waals surface area contributed by atoms with Gasteiger partial charge < -0.3 is 16.0 Å². The molecule has 2 atom stereocenters. The Hall–Kier alpha value is -0.810. The first kappa shape index (κ1) is 19.2. The minimum absolute atomic E-state index is 0. The lowest BCUT2D eigenvalue weighted by atomic mass is 9.94. The molecule has 1 aliphatic heterocycles. The quantitative estimate of drug-likeness (QED) is 0.619. The van der Waals surface area contributed by atoms with Crippen molar-refractivity contribution in [3.05, 3.63) is 0 Å². The van der Waals surface area contributed by atoms with E-state index in [-0.39, 0.29) is 30.3 Å². The Morgan fingerprint density at radius 2 is 2.00 bits per heavy atom. The van der Waals surface area contributed by atoms with Crippen LogP contribution in [0, 0.1) is 5.92 Å². The molecule has 0 aromatic heterocycles. The van der Waals surface area contributed by atoms with Gasteiger partial charge in [0.15, 0.2) is 0 Å². The number of piperidine rings is 1. The van der Waals surface area contributed by atoms with Crippen molar-refractivity contribution in [2.75, 3.05) is 19.6 Å². The van der Waals surface area contributed by atoms with Crippen LogP contribution in [-0.4, -0.2) is 37.5 Å². The molecule has 1 aliphatic rings. The molecule has 0 saturated carbocycles. The molecular formula is C14H28ClN3O2. The van der Waals surface area contributed by atoms with Crippen molar-refractivity contribution in [2.24, 2.45) is 5.92 Å². The van der Waals surface area contributed by atoms with Crippen LogP contribution in [0.25, 0.3) is 0 Å². The van der Waals surface area contributed by atoms with Gasteiger partial charge in [0, 0.05) is 32.5 Å². The van der Waals surface area contributed by atoms with Crippen LogP contribution in [0.3, 0.4) is 0 Å². The first-order valence-corrected chi connectivity index (χ1v) is 7.34. The molecule has 3 N–H and O–H groups in total. The predicted molar refractivity (Wildman–Crippen MR) is 83.0 cm³/mol. The maximum absolute atomic E-state index is 11.8. The van der Waals surface area contributed by atoms with Gasteiger partial charge in [-0.1, -0.05) is 13.3 Å². The lowest BCUT2D eigenvalue weighted by Gasteiger charge is -2.30. The van der Waals surface area contributed by atoms with Crippen molar-refractivity contribution < 1.29 is 9.59 Å². The molecule has 118 valence electrons. The number of hydrogen-bond donors (Lipinski definition) is 3. The zero-order valence-corrected chi connectivity index (χ0v) is 13.4. The molecule has 20 heavy (non-hydrogen) atoms. The van der Waals surface area contributed by atoms with Crippen LogP contribution in [-0.2, 0) is 9.59 Å². The number of carbonyl (C=O) groups is 2. The first-order chi connectivity index (χ1) is 9.09. The van der Waals surface area contributed by atoms with E-state index in [2.05, 4.69) is 22.9 Å². The standard InChI is InChI=1S/C14H27N3O2.ClH/c1-11-7-9-15-10-13(11)17-14(19)6-4-3-5-8-16-12(2)18;/h11,13,15H,3-10H2,1-2H3,(H,16,18)(H,17,19);1H. The van der Waals surface area contributed by atoms with Gasteiger partial charge >= 0.3 is 0 Å². The SMILES string of the molecule is CC(=O)NCCCCCC(=O)NC1CNCCC1C.Cl. The molecule has 0 radical (unpaired) electrons. The Kier molecular flexibility index (Phi) is 10.5. The second-order valence-electron chi connectivity index (χ2n) is 5.44. The third-order valence-corrected chi connectivity index (χ3v) is 3.63. The smallest absolute Gasteiger partial charge is 0.220 e. The Balaban J connectivity index is 0.00000361. The summed E-state index contributed by atoms with van der Waals surface area (Å²) in [5.74, 6) is 0.724. The molecule has 2 amide bonds. The van der Waals surface area contributed by atoms with Crippen molar-refractivity contribution in [1.29, 1.82) is 0 Å². The number of halogens is 1. The van der Waals surface area contributed by atoms with Gasteiger partial charge in [0.1, 0.15) is 0 Å². The summed E-state index contributed by atoms with van der Waals surface area (Å²) in [6, 6.07) is 0.278. The summed E-state index contributed by atoms with van der Waals surface area (Å²) < 4.78 is 0. The number of nitrogens with one attached hydrogen (secondary N) is 3. The largest absolute Gasteiger partial charge is 0.356 e. The van der Waals surface area contributed by atoms with Crippen LogP contribution in [0.4, 0.5) is 0 Å². The molecule has 2 unspecified atom stereocenters. The van der Waals surface area contributed by atoms with Gasteiger partial charge in [-0.3, -0.25) is 9.59 Å². The van der Waals surface area contributed by atoms with Crippen LogP contribution in [0.2, 0.25) is 0 Å². The normalized spacial score (nSPS) is 21.7. The molecule has 5 nitrogen and oxygen atoms in total. The molecule has 0 spiro atoms. The van der Waals surface area contributed by atoms with Gasteiger partial charge in [-0.05, 0) is 31.7 Å². The summed E-state index contributed by atoms with van der Waals surface area (Å²) in [5, 5.41) is 9.17. The summed E-state index contributed by atoms with van der Waals surface area (Å²) in [4.78, 5) is 22.4. The molecule has 1 fully saturated rings. The van der Waals surface area contributed by atoms with Gasteiger partial charge in [-0.15, -0.1) is 12.4 Å². The molecule has 0 bridgehead atoms. The number of carbonyl (C=O) groups excluding carboxylic acids is 2. The predicted octanol–water partition coefficient (Wildman–Crippen LogP) is 1.22. The second kappa shape index (κ2) is 10.9. The van der Waals surface area contributed by atoms with Gasteiger partial charge in [-0.25, -0.2) is 0 Å². The minimum atomic E-state index is 0. The van der Waals surface area contributed by atoms with Crippen LogP contribution in [0.5, 0.6) is 0 Å². The third-order valence-electron chi connectivity index (χ3n) is 3.63. The molecule has 1 saturated heterocycles. The molecule has 1 rings (SSSR count). The van der Waals surface area contributed by atoms with E-state index >= 15 is 0 Å². The molecule has 0 aromatic carbocycles. The zero-order chi connectivity index (χ0) is 14.1. The van der Waals surface area contributed by atoms with E-state index in [0.29, 0.717) is 18.9 Å². The minimum Gasteiger partial charge on any atom is -0.356 e. The molecule has 0 aromatic rings. The summed E-state index contributed by atoms with van der Waals surface area (Å²) in [6.07, 6.45) is 4.52. The van der Waals surface area contributed by atoms with Crippen LogP contribution < -0.4 is 16.0 Å². The fourth-order valence-electron chi connectivity index (χ4n) is 2.31. The average molecular weight is 306 g/mol. The maximum atomic E-state index is 11.8. The van der Waals surface area contributed by atoms with E-state index in [0.717, 1.165) is 38.8 Å². The van der Waals surface area contributed by atoms with E-state index in [9.17, 15) is 9.59 Å². The van der Waals surface area contributed by atoms with E-state index < -0.39 is 0 Å². The van der Waals surface area contributed by atoms with Gasteiger partial charge in [-0.2, -0.15) is 0 Å². The lowest BCUT2D eigenvalue weighted by molar-refractivity contribution is -0.122. The number of hydrogen-bond acceptors (Lipinski definition) is 3. The summed E-state index contributed by atoms with van der Waals surface area (Å²) >= 11 is 0. The number of unbranched alkanes of at least 4 members (excludes halogenated alkanes) is 2. The molecule has 1 heterocycles. The van der Waals surface area contributed by atoms with E-state index in [1.54, 1.807) is 0 Å².